The summed E-state index contributed by atoms with van der Waals surface area (Å²) in [5.74, 6) is -0.162. The van der Waals surface area contributed by atoms with E-state index >= 15 is 0 Å². The Bertz CT molecular complexity index is 908. The number of nitrogens with one attached hydrogen (secondary N) is 1. The van der Waals surface area contributed by atoms with Gasteiger partial charge >= 0.3 is 0 Å². The first kappa shape index (κ1) is 18.2. The monoisotopic (exact) mass is 345 g/mol. The van der Waals surface area contributed by atoms with Gasteiger partial charge in [0.1, 0.15) is 0 Å². The topological polar surface area (TPSA) is 29.1 Å². The van der Waals surface area contributed by atoms with Gasteiger partial charge in [0, 0.05) is 5.69 Å². The van der Waals surface area contributed by atoms with E-state index in [0.717, 1.165) is 35.9 Å². The molecule has 0 saturated heterocycles. The second kappa shape index (κ2) is 8.18. The Labute approximate surface area is 156 Å². The molecular weight excluding hydrogens is 318 g/mol. The normalized spacial score (nSPS) is 12.1. The number of carbonyl (C=O) groups is 1. The van der Waals surface area contributed by atoms with Gasteiger partial charge in [0.05, 0.1) is 5.92 Å². The highest BCUT2D eigenvalue weighted by atomic mass is 16.1. The SMILES string of the molecule is CCCCc1ccc(C)cc1NC(=O)C(C)c1cccc2ccccc12. The molecule has 0 heterocycles. The van der Waals surface area contributed by atoms with Gasteiger partial charge in [-0.3, -0.25) is 4.79 Å². The van der Waals surface area contributed by atoms with Gasteiger partial charge in [-0.05, 0) is 60.2 Å². The molecule has 3 aromatic carbocycles. The van der Waals surface area contributed by atoms with Crippen molar-refractivity contribution in [1.29, 1.82) is 0 Å². The molecule has 0 radical (unpaired) electrons. The Kier molecular flexibility index (Phi) is 5.72. The molecule has 0 saturated carbocycles. The highest BCUT2D eigenvalue weighted by molar-refractivity contribution is 5.99. The van der Waals surface area contributed by atoms with E-state index in [2.05, 4.69) is 61.6 Å². The van der Waals surface area contributed by atoms with Crippen LogP contribution in [0.1, 0.15) is 49.3 Å². The number of hydrogen-bond donors (Lipinski definition) is 1. The van der Waals surface area contributed by atoms with Gasteiger partial charge in [0.15, 0.2) is 0 Å². The van der Waals surface area contributed by atoms with Crippen LogP contribution in [0.3, 0.4) is 0 Å². The van der Waals surface area contributed by atoms with Crippen LogP contribution in [-0.4, -0.2) is 5.91 Å². The second-order valence-electron chi connectivity index (χ2n) is 7.04. The van der Waals surface area contributed by atoms with E-state index in [1.807, 2.05) is 25.1 Å². The summed E-state index contributed by atoms with van der Waals surface area (Å²) in [6.07, 6.45) is 3.27. The average molecular weight is 345 g/mol. The highest BCUT2D eigenvalue weighted by Gasteiger charge is 2.18. The van der Waals surface area contributed by atoms with E-state index in [9.17, 15) is 4.79 Å². The van der Waals surface area contributed by atoms with Gasteiger partial charge in [0.2, 0.25) is 5.91 Å². The summed E-state index contributed by atoms with van der Waals surface area (Å²) in [5, 5.41) is 5.50. The minimum absolute atomic E-state index is 0.0460. The summed E-state index contributed by atoms with van der Waals surface area (Å²) in [6.45, 7) is 6.24. The smallest absolute Gasteiger partial charge is 0.231 e. The Balaban J connectivity index is 1.87. The molecule has 134 valence electrons. The van der Waals surface area contributed by atoms with E-state index in [4.69, 9.17) is 0 Å². The van der Waals surface area contributed by atoms with E-state index in [1.165, 1.54) is 16.5 Å². The maximum Gasteiger partial charge on any atom is 0.231 e. The predicted octanol–water partition coefficient (Wildman–Crippen LogP) is 6.23. The van der Waals surface area contributed by atoms with Crippen molar-refractivity contribution in [1.82, 2.24) is 0 Å². The lowest BCUT2D eigenvalue weighted by molar-refractivity contribution is -0.117. The zero-order chi connectivity index (χ0) is 18.5. The van der Waals surface area contributed by atoms with Gasteiger partial charge in [-0.2, -0.15) is 0 Å². The Hall–Kier alpha value is -2.61. The fourth-order valence-electron chi connectivity index (χ4n) is 3.40. The van der Waals surface area contributed by atoms with E-state index in [0.29, 0.717) is 0 Å². The number of anilines is 1. The summed E-state index contributed by atoms with van der Waals surface area (Å²) in [6, 6.07) is 20.8. The zero-order valence-corrected chi connectivity index (χ0v) is 15.9. The lowest BCUT2D eigenvalue weighted by Crippen LogP contribution is -2.20. The predicted molar refractivity (Wildman–Crippen MR) is 111 cm³/mol. The first-order valence-corrected chi connectivity index (χ1v) is 9.48. The van der Waals surface area contributed by atoms with E-state index < -0.39 is 0 Å². The Morgan fingerprint density at radius 2 is 1.81 bits per heavy atom. The molecule has 0 aliphatic carbocycles. The largest absolute Gasteiger partial charge is 0.325 e. The molecule has 0 aliphatic rings. The molecule has 1 unspecified atom stereocenters. The van der Waals surface area contributed by atoms with Crippen molar-refractivity contribution in [2.75, 3.05) is 5.32 Å². The van der Waals surface area contributed by atoms with Gasteiger partial charge in [0.25, 0.3) is 0 Å². The lowest BCUT2D eigenvalue weighted by atomic mass is 9.94. The molecule has 1 amide bonds. The molecule has 0 aromatic heterocycles. The third kappa shape index (κ3) is 3.96. The fourth-order valence-corrected chi connectivity index (χ4v) is 3.40. The fraction of sp³-hybridized carbons (Fsp3) is 0.292. The van der Waals surface area contributed by atoms with Crippen molar-refractivity contribution in [2.45, 2.75) is 46.0 Å². The molecule has 2 heteroatoms. The van der Waals surface area contributed by atoms with Crippen LogP contribution in [0, 0.1) is 6.92 Å². The summed E-state index contributed by atoms with van der Waals surface area (Å²) in [4.78, 5) is 13.0. The summed E-state index contributed by atoms with van der Waals surface area (Å²) >= 11 is 0. The van der Waals surface area contributed by atoms with Crippen LogP contribution in [0.25, 0.3) is 10.8 Å². The molecule has 0 aliphatic heterocycles. The number of unbranched alkanes of at least 4 members (excludes halogenated alkanes) is 1. The number of carbonyl (C=O) groups excluding carboxylic acids is 1. The van der Waals surface area contributed by atoms with Crippen molar-refractivity contribution in [3.63, 3.8) is 0 Å². The molecule has 3 aromatic rings. The van der Waals surface area contributed by atoms with Gasteiger partial charge in [-0.15, -0.1) is 0 Å². The molecule has 0 spiro atoms. The number of fused-ring (bicyclic) bond motifs is 1. The molecule has 0 bridgehead atoms. The quantitative estimate of drug-likeness (QED) is 0.563. The maximum absolute atomic E-state index is 13.0. The molecule has 0 fully saturated rings. The third-order valence-corrected chi connectivity index (χ3v) is 5.01. The minimum Gasteiger partial charge on any atom is -0.325 e. The number of amides is 1. The molecule has 1 N–H and O–H groups in total. The molecular formula is C24H27NO. The molecule has 3 rings (SSSR count). The van der Waals surface area contributed by atoms with Crippen LogP contribution < -0.4 is 5.32 Å². The Morgan fingerprint density at radius 3 is 2.62 bits per heavy atom. The van der Waals surface area contributed by atoms with Crippen LogP contribution in [0.5, 0.6) is 0 Å². The lowest BCUT2D eigenvalue weighted by Gasteiger charge is -2.17. The van der Waals surface area contributed by atoms with Crippen molar-refractivity contribution in [3.05, 3.63) is 77.4 Å². The van der Waals surface area contributed by atoms with Crippen LogP contribution in [-0.2, 0) is 11.2 Å². The number of aryl methyl sites for hydroxylation is 2. The van der Waals surface area contributed by atoms with Crippen LogP contribution >= 0.6 is 0 Å². The van der Waals surface area contributed by atoms with Gasteiger partial charge in [-0.25, -0.2) is 0 Å². The van der Waals surface area contributed by atoms with Crippen LogP contribution in [0.2, 0.25) is 0 Å². The first-order valence-electron chi connectivity index (χ1n) is 9.48. The first-order chi connectivity index (χ1) is 12.6. The van der Waals surface area contributed by atoms with E-state index in [-0.39, 0.29) is 11.8 Å². The standard InChI is InChI=1S/C24H27NO/c1-4-5-9-20-15-14-17(2)16-23(20)25-24(26)18(3)21-13-8-11-19-10-6-7-12-22(19)21/h6-8,10-16,18H,4-5,9H2,1-3H3,(H,25,26). The molecule has 2 nitrogen and oxygen atoms in total. The summed E-state index contributed by atoms with van der Waals surface area (Å²) in [7, 11) is 0. The van der Waals surface area contributed by atoms with Crippen molar-refractivity contribution < 1.29 is 4.79 Å². The highest BCUT2D eigenvalue weighted by Crippen LogP contribution is 2.28. The van der Waals surface area contributed by atoms with E-state index in [1.54, 1.807) is 0 Å². The van der Waals surface area contributed by atoms with Gasteiger partial charge in [-0.1, -0.05) is 67.9 Å². The van der Waals surface area contributed by atoms with Crippen molar-refractivity contribution in [2.24, 2.45) is 0 Å². The Morgan fingerprint density at radius 1 is 1.04 bits per heavy atom. The summed E-state index contributed by atoms with van der Waals surface area (Å²) in [5.41, 5.74) is 4.41. The van der Waals surface area contributed by atoms with Crippen molar-refractivity contribution in [3.8, 4) is 0 Å². The second-order valence-corrected chi connectivity index (χ2v) is 7.04. The minimum atomic E-state index is -0.208. The van der Waals surface area contributed by atoms with Crippen molar-refractivity contribution >= 4 is 22.4 Å². The van der Waals surface area contributed by atoms with Gasteiger partial charge < -0.3 is 5.32 Å². The average Bonchev–Trinajstić information content (AvgIpc) is 2.66. The molecule has 1 atom stereocenters. The summed E-state index contributed by atoms with van der Waals surface area (Å²) < 4.78 is 0. The number of hydrogen-bond acceptors (Lipinski definition) is 1. The number of benzene rings is 3. The number of rotatable bonds is 6. The van der Waals surface area contributed by atoms with Crippen LogP contribution in [0.15, 0.2) is 60.7 Å². The third-order valence-electron chi connectivity index (χ3n) is 5.01. The zero-order valence-electron chi connectivity index (χ0n) is 15.9. The maximum atomic E-state index is 13.0. The van der Waals surface area contributed by atoms with Crippen LogP contribution in [0.4, 0.5) is 5.69 Å². The molecule has 26 heavy (non-hydrogen) atoms.